The Hall–Kier alpha value is -0.830. The predicted octanol–water partition coefficient (Wildman–Crippen LogP) is 1.94. The van der Waals surface area contributed by atoms with Crippen LogP contribution in [0.25, 0.3) is 0 Å². The van der Waals surface area contributed by atoms with Crippen LogP contribution in [0.2, 0.25) is 0 Å². The van der Waals surface area contributed by atoms with E-state index in [0.29, 0.717) is 18.4 Å². The fourth-order valence-electron chi connectivity index (χ4n) is 2.30. The van der Waals surface area contributed by atoms with Crippen LogP contribution in [-0.4, -0.2) is 36.5 Å². The Morgan fingerprint density at radius 3 is 3.06 bits per heavy atom. The van der Waals surface area contributed by atoms with Gasteiger partial charge in [-0.2, -0.15) is 0 Å². The quantitative estimate of drug-likeness (QED) is 0.552. The Labute approximate surface area is 98.9 Å². The number of hydrogen-bond acceptors (Lipinski definition) is 2. The minimum Gasteiger partial charge on any atom is -0.340 e. The second kappa shape index (κ2) is 7.44. The standard InChI is InChI=1S/C13H24N2O/c1-3-9-14-10-8-13(16)15-11-6-5-7-12(15)4-2/h3,12,14H,1,4-11H2,2H3. The van der Waals surface area contributed by atoms with Crippen molar-refractivity contribution in [1.29, 1.82) is 0 Å². The molecule has 92 valence electrons. The van der Waals surface area contributed by atoms with Gasteiger partial charge in [0.25, 0.3) is 0 Å². The zero-order valence-electron chi connectivity index (χ0n) is 10.4. The molecular weight excluding hydrogens is 200 g/mol. The van der Waals surface area contributed by atoms with Gasteiger partial charge < -0.3 is 10.2 Å². The maximum absolute atomic E-state index is 12.0. The third kappa shape index (κ3) is 3.97. The van der Waals surface area contributed by atoms with Crippen LogP contribution in [0.5, 0.6) is 0 Å². The average molecular weight is 224 g/mol. The lowest BCUT2D eigenvalue weighted by atomic mass is 9.99. The average Bonchev–Trinajstić information content (AvgIpc) is 2.34. The van der Waals surface area contributed by atoms with E-state index < -0.39 is 0 Å². The SMILES string of the molecule is C=CCNCCC(=O)N1CCCCC1CC. The van der Waals surface area contributed by atoms with Gasteiger partial charge in [-0.3, -0.25) is 4.79 Å². The van der Waals surface area contributed by atoms with E-state index in [1.807, 2.05) is 6.08 Å². The molecule has 1 aliphatic rings. The second-order valence-corrected chi connectivity index (χ2v) is 4.39. The van der Waals surface area contributed by atoms with Crippen molar-refractivity contribution in [3.8, 4) is 0 Å². The van der Waals surface area contributed by atoms with E-state index in [9.17, 15) is 4.79 Å². The van der Waals surface area contributed by atoms with Crippen LogP contribution in [0, 0.1) is 0 Å². The predicted molar refractivity (Wildman–Crippen MR) is 67.3 cm³/mol. The van der Waals surface area contributed by atoms with Crippen LogP contribution in [0.15, 0.2) is 12.7 Å². The Morgan fingerprint density at radius 1 is 1.56 bits per heavy atom. The van der Waals surface area contributed by atoms with Crippen LogP contribution < -0.4 is 5.32 Å². The third-order valence-electron chi connectivity index (χ3n) is 3.22. The Morgan fingerprint density at radius 2 is 2.38 bits per heavy atom. The van der Waals surface area contributed by atoms with Gasteiger partial charge in [-0.1, -0.05) is 13.0 Å². The Kier molecular flexibility index (Phi) is 6.16. The van der Waals surface area contributed by atoms with Crippen LogP contribution in [0.1, 0.15) is 39.0 Å². The molecule has 0 aliphatic carbocycles. The number of carbonyl (C=O) groups is 1. The molecule has 1 unspecified atom stereocenters. The number of likely N-dealkylation sites (tertiary alicyclic amines) is 1. The molecule has 0 aromatic heterocycles. The molecule has 1 amide bonds. The molecule has 0 aromatic rings. The monoisotopic (exact) mass is 224 g/mol. The van der Waals surface area contributed by atoms with Gasteiger partial charge in [0.2, 0.25) is 5.91 Å². The number of piperidine rings is 1. The van der Waals surface area contributed by atoms with Crippen molar-refractivity contribution in [1.82, 2.24) is 10.2 Å². The summed E-state index contributed by atoms with van der Waals surface area (Å²) in [5, 5.41) is 3.17. The number of nitrogens with one attached hydrogen (secondary N) is 1. The van der Waals surface area contributed by atoms with Gasteiger partial charge in [-0.25, -0.2) is 0 Å². The molecule has 1 rings (SSSR count). The number of carbonyl (C=O) groups excluding carboxylic acids is 1. The largest absolute Gasteiger partial charge is 0.340 e. The Balaban J connectivity index is 2.30. The van der Waals surface area contributed by atoms with E-state index in [0.717, 1.165) is 26.1 Å². The summed E-state index contributed by atoms with van der Waals surface area (Å²) in [6.07, 6.45) is 7.15. The van der Waals surface area contributed by atoms with Crippen molar-refractivity contribution in [2.45, 2.75) is 45.1 Å². The van der Waals surface area contributed by atoms with Crippen molar-refractivity contribution in [3.63, 3.8) is 0 Å². The summed E-state index contributed by atoms with van der Waals surface area (Å²) in [4.78, 5) is 14.1. The highest BCUT2D eigenvalue weighted by molar-refractivity contribution is 5.76. The van der Waals surface area contributed by atoms with Crippen molar-refractivity contribution in [3.05, 3.63) is 12.7 Å². The van der Waals surface area contributed by atoms with Gasteiger partial charge in [0.15, 0.2) is 0 Å². The van der Waals surface area contributed by atoms with E-state index in [1.165, 1.54) is 19.3 Å². The highest BCUT2D eigenvalue weighted by atomic mass is 16.2. The lowest BCUT2D eigenvalue weighted by molar-refractivity contribution is -0.134. The van der Waals surface area contributed by atoms with Gasteiger partial charge in [-0.15, -0.1) is 6.58 Å². The van der Waals surface area contributed by atoms with Crippen molar-refractivity contribution < 1.29 is 4.79 Å². The van der Waals surface area contributed by atoms with Gasteiger partial charge in [0.05, 0.1) is 0 Å². The van der Waals surface area contributed by atoms with Crippen LogP contribution in [-0.2, 0) is 4.79 Å². The normalized spacial score (nSPS) is 20.8. The van der Waals surface area contributed by atoms with Crippen molar-refractivity contribution in [2.75, 3.05) is 19.6 Å². The van der Waals surface area contributed by atoms with E-state index in [1.54, 1.807) is 0 Å². The molecule has 16 heavy (non-hydrogen) atoms. The zero-order valence-corrected chi connectivity index (χ0v) is 10.4. The molecule has 1 fully saturated rings. The van der Waals surface area contributed by atoms with Gasteiger partial charge in [-0.05, 0) is 25.7 Å². The molecule has 1 aliphatic heterocycles. The smallest absolute Gasteiger partial charge is 0.224 e. The molecule has 1 N–H and O–H groups in total. The first-order chi connectivity index (χ1) is 7.79. The molecule has 0 spiro atoms. The second-order valence-electron chi connectivity index (χ2n) is 4.39. The summed E-state index contributed by atoms with van der Waals surface area (Å²) < 4.78 is 0. The highest BCUT2D eigenvalue weighted by Crippen LogP contribution is 2.19. The van der Waals surface area contributed by atoms with Crippen LogP contribution >= 0.6 is 0 Å². The third-order valence-corrected chi connectivity index (χ3v) is 3.22. The summed E-state index contributed by atoms with van der Waals surface area (Å²) in [7, 11) is 0. The molecule has 3 nitrogen and oxygen atoms in total. The van der Waals surface area contributed by atoms with Gasteiger partial charge in [0, 0.05) is 32.1 Å². The number of hydrogen-bond donors (Lipinski definition) is 1. The van der Waals surface area contributed by atoms with Gasteiger partial charge >= 0.3 is 0 Å². The summed E-state index contributed by atoms with van der Waals surface area (Å²) in [5.41, 5.74) is 0. The molecule has 1 heterocycles. The van der Waals surface area contributed by atoms with E-state index in [2.05, 4.69) is 23.7 Å². The zero-order chi connectivity index (χ0) is 11.8. The molecule has 3 heteroatoms. The van der Waals surface area contributed by atoms with Gasteiger partial charge in [0.1, 0.15) is 0 Å². The summed E-state index contributed by atoms with van der Waals surface area (Å²) >= 11 is 0. The lowest BCUT2D eigenvalue weighted by Gasteiger charge is -2.35. The number of nitrogens with zero attached hydrogens (tertiary/aromatic N) is 1. The summed E-state index contributed by atoms with van der Waals surface area (Å²) in [5.74, 6) is 0.308. The maximum atomic E-state index is 12.0. The molecule has 0 bridgehead atoms. The fraction of sp³-hybridized carbons (Fsp3) is 0.769. The minimum atomic E-state index is 0.308. The molecule has 1 saturated heterocycles. The first kappa shape index (κ1) is 13.2. The molecule has 0 aromatic carbocycles. The van der Waals surface area contributed by atoms with Crippen molar-refractivity contribution >= 4 is 5.91 Å². The minimum absolute atomic E-state index is 0.308. The van der Waals surface area contributed by atoms with E-state index >= 15 is 0 Å². The number of amides is 1. The molecular formula is C13H24N2O. The summed E-state index contributed by atoms with van der Waals surface area (Å²) in [6, 6.07) is 0.487. The van der Waals surface area contributed by atoms with Crippen molar-refractivity contribution in [2.24, 2.45) is 0 Å². The first-order valence-electron chi connectivity index (χ1n) is 6.40. The Bertz CT molecular complexity index is 228. The first-order valence-corrected chi connectivity index (χ1v) is 6.40. The topological polar surface area (TPSA) is 32.3 Å². The molecule has 1 atom stereocenters. The number of rotatable bonds is 6. The van der Waals surface area contributed by atoms with E-state index in [4.69, 9.17) is 0 Å². The maximum Gasteiger partial charge on any atom is 0.224 e. The lowest BCUT2D eigenvalue weighted by Crippen LogP contribution is -2.44. The van der Waals surface area contributed by atoms with E-state index in [-0.39, 0.29) is 0 Å². The van der Waals surface area contributed by atoms with Crippen LogP contribution in [0.4, 0.5) is 0 Å². The van der Waals surface area contributed by atoms with Crippen LogP contribution in [0.3, 0.4) is 0 Å². The molecule has 0 saturated carbocycles. The molecule has 0 radical (unpaired) electrons. The fourth-order valence-corrected chi connectivity index (χ4v) is 2.30. The summed E-state index contributed by atoms with van der Waals surface area (Å²) in [6.45, 7) is 8.31. The highest BCUT2D eigenvalue weighted by Gasteiger charge is 2.24.